The Morgan fingerprint density at radius 2 is 2.22 bits per heavy atom. The fourth-order valence-electron chi connectivity index (χ4n) is 0.473. The monoisotopic (exact) mass is 137 g/mol. The molecule has 51 valence electrons. The average molecular weight is 137 g/mol. The molecular weight excluding hydrogens is 133 g/mol. The predicted molar refractivity (Wildman–Crippen MR) is 24.3 cm³/mol. The van der Waals surface area contributed by atoms with Gasteiger partial charge in [-0.25, -0.2) is 10.9 Å². The highest BCUT2D eigenvalue weighted by Crippen LogP contribution is 2.25. The number of alkyl halides is 3. The van der Waals surface area contributed by atoms with Crippen molar-refractivity contribution < 1.29 is 13.2 Å². The molecule has 9 heavy (non-hydrogen) atoms. The minimum absolute atomic E-state index is 0.205. The molecule has 0 amide bonds. The zero-order chi connectivity index (χ0) is 6.91. The number of hydrogen-bond acceptors (Lipinski definition) is 1. The quantitative estimate of drug-likeness (QED) is 0.518. The Hall–Kier alpha value is -0.710. The van der Waals surface area contributed by atoms with Crippen molar-refractivity contribution in [2.75, 3.05) is 6.54 Å². The van der Waals surface area contributed by atoms with E-state index in [9.17, 15) is 13.2 Å². The van der Waals surface area contributed by atoms with Crippen LogP contribution >= 0.6 is 0 Å². The van der Waals surface area contributed by atoms with E-state index < -0.39 is 11.7 Å². The molecule has 0 bridgehead atoms. The van der Waals surface area contributed by atoms with Crippen LogP contribution in [0.2, 0.25) is 0 Å². The lowest BCUT2D eigenvalue weighted by atomic mass is 10.3. The Balaban J connectivity index is 2.61. The Kier molecular flexibility index (Phi) is 1.36. The second-order valence-corrected chi connectivity index (χ2v) is 1.62. The topological polar surface area (TPSA) is 26.1 Å². The van der Waals surface area contributed by atoms with Gasteiger partial charge in [-0.15, -0.1) is 0 Å². The van der Waals surface area contributed by atoms with Gasteiger partial charge in [-0.05, 0) is 0 Å². The standard InChI is InChI=1S/C4H4F3N2/c5-4(6,7)3-1-8-9-2-3/h1,9H,2H2. The smallest absolute Gasteiger partial charge is 0.210 e. The first-order valence-corrected chi connectivity index (χ1v) is 2.29. The van der Waals surface area contributed by atoms with Gasteiger partial charge in [0.05, 0.1) is 11.8 Å². The Bertz CT molecular complexity index is 137. The molecule has 0 fully saturated rings. The van der Waals surface area contributed by atoms with Crippen LogP contribution in [-0.2, 0) is 0 Å². The molecule has 0 saturated carbocycles. The fraction of sp³-hybridized carbons (Fsp3) is 0.500. The molecule has 0 unspecified atom stereocenters. The zero-order valence-electron chi connectivity index (χ0n) is 4.37. The van der Waals surface area contributed by atoms with E-state index in [2.05, 4.69) is 10.9 Å². The summed E-state index contributed by atoms with van der Waals surface area (Å²) in [5, 5.41) is 0. The van der Waals surface area contributed by atoms with Gasteiger partial charge in [-0.2, -0.15) is 13.2 Å². The number of hydrogen-bond donors (Lipinski definition) is 1. The van der Waals surface area contributed by atoms with E-state index in [4.69, 9.17) is 0 Å². The third kappa shape index (κ3) is 1.35. The SMILES string of the molecule is FC(F)(F)C1=C[N]NC1. The van der Waals surface area contributed by atoms with E-state index in [0.29, 0.717) is 0 Å². The molecule has 0 aromatic heterocycles. The molecule has 0 saturated heterocycles. The second kappa shape index (κ2) is 1.91. The summed E-state index contributed by atoms with van der Waals surface area (Å²) in [5.41, 5.74) is 4.77. The Morgan fingerprint density at radius 3 is 2.44 bits per heavy atom. The molecule has 1 aliphatic rings. The molecule has 0 aliphatic carbocycles. The second-order valence-electron chi connectivity index (χ2n) is 1.62. The Labute approximate surface area is 49.7 Å². The van der Waals surface area contributed by atoms with Gasteiger partial charge in [0.25, 0.3) is 0 Å². The van der Waals surface area contributed by atoms with E-state index >= 15 is 0 Å². The van der Waals surface area contributed by atoms with Gasteiger partial charge < -0.3 is 0 Å². The van der Waals surface area contributed by atoms with E-state index in [0.717, 1.165) is 6.20 Å². The van der Waals surface area contributed by atoms with Crippen molar-refractivity contribution in [3.05, 3.63) is 11.8 Å². The lowest BCUT2D eigenvalue weighted by Gasteiger charge is -2.03. The van der Waals surface area contributed by atoms with E-state index in [1.165, 1.54) is 0 Å². The van der Waals surface area contributed by atoms with Crippen molar-refractivity contribution in [3.63, 3.8) is 0 Å². The van der Waals surface area contributed by atoms with Crippen LogP contribution in [0.5, 0.6) is 0 Å². The molecule has 1 aliphatic heterocycles. The maximum atomic E-state index is 11.6. The molecule has 0 aromatic rings. The highest BCUT2D eigenvalue weighted by molar-refractivity contribution is 5.12. The van der Waals surface area contributed by atoms with E-state index in [1.54, 1.807) is 0 Å². The van der Waals surface area contributed by atoms with Crippen molar-refractivity contribution >= 4 is 0 Å². The summed E-state index contributed by atoms with van der Waals surface area (Å²) in [6, 6.07) is 0. The number of rotatable bonds is 0. The van der Waals surface area contributed by atoms with Gasteiger partial charge in [0.2, 0.25) is 0 Å². The van der Waals surface area contributed by atoms with Crippen molar-refractivity contribution in [2.24, 2.45) is 0 Å². The average Bonchev–Trinajstić information content (AvgIpc) is 2.08. The molecule has 5 heteroatoms. The molecule has 0 aromatic carbocycles. The molecule has 0 spiro atoms. The summed E-state index contributed by atoms with van der Waals surface area (Å²) >= 11 is 0. The van der Waals surface area contributed by atoms with Gasteiger partial charge in [0, 0.05) is 6.54 Å². The van der Waals surface area contributed by atoms with Crippen LogP contribution < -0.4 is 10.9 Å². The number of nitrogens with zero attached hydrogens (tertiary/aromatic N) is 1. The zero-order valence-corrected chi connectivity index (χ0v) is 4.37. The van der Waals surface area contributed by atoms with Gasteiger partial charge in [0.15, 0.2) is 0 Å². The van der Waals surface area contributed by atoms with Crippen LogP contribution in [0, 0.1) is 0 Å². The van der Waals surface area contributed by atoms with Crippen LogP contribution in [-0.4, -0.2) is 12.7 Å². The van der Waals surface area contributed by atoms with Gasteiger partial charge in [0.1, 0.15) is 0 Å². The summed E-state index contributed by atoms with van der Waals surface area (Å²) in [6.45, 7) is -0.205. The molecule has 2 nitrogen and oxygen atoms in total. The van der Waals surface area contributed by atoms with Crippen LogP contribution in [0.15, 0.2) is 11.8 Å². The molecule has 1 N–H and O–H groups in total. The van der Waals surface area contributed by atoms with Gasteiger partial charge in [-0.1, -0.05) is 0 Å². The highest BCUT2D eigenvalue weighted by Gasteiger charge is 2.35. The van der Waals surface area contributed by atoms with Gasteiger partial charge >= 0.3 is 6.18 Å². The lowest BCUT2D eigenvalue weighted by molar-refractivity contribution is -0.0918. The number of nitrogens with one attached hydrogen (secondary N) is 1. The number of halogens is 3. The Morgan fingerprint density at radius 1 is 1.56 bits per heavy atom. The predicted octanol–water partition coefficient (Wildman–Crippen LogP) is 0.555. The first-order chi connectivity index (χ1) is 4.11. The maximum Gasteiger partial charge on any atom is 0.415 e. The minimum Gasteiger partial charge on any atom is -0.210 e. The van der Waals surface area contributed by atoms with Crippen LogP contribution in [0.25, 0.3) is 0 Å². The van der Waals surface area contributed by atoms with E-state index in [-0.39, 0.29) is 6.54 Å². The summed E-state index contributed by atoms with van der Waals surface area (Å²) in [5.74, 6) is 0. The fourth-order valence-corrected chi connectivity index (χ4v) is 0.473. The van der Waals surface area contributed by atoms with Crippen molar-refractivity contribution in [3.8, 4) is 0 Å². The molecule has 1 rings (SSSR count). The van der Waals surface area contributed by atoms with Crippen LogP contribution in [0.4, 0.5) is 13.2 Å². The lowest BCUT2D eigenvalue weighted by Crippen LogP contribution is -2.19. The molecular formula is C4H4F3N2. The molecule has 1 radical (unpaired) electrons. The third-order valence-corrected chi connectivity index (χ3v) is 0.945. The first kappa shape index (κ1) is 6.41. The van der Waals surface area contributed by atoms with Gasteiger partial charge in [-0.3, -0.25) is 0 Å². The molecule has 0 atom stereocenters. The summed E-state index contributed by atoms with van der Waals surface area (Å²) in [4.78, 5) is 0. The first-order valence-electron chi connectivity index (χ1n) is 2.29. The normalized spacial score (nSPS) is 19.2. The highest BCUT2D eigenvalue weighted by atomic mass is 19.4. The van der Waals surface area contributed by atoms with Crippen LogP contribution in [0.3, 0.4) is 0 Å². The largest absolute Gasteiger partial charge is 0.415 e. The summed E-state index contributed by atoms with van der Waals surface area (Å²) in [7, 11) is 0. The third-order valence-electron chi connectivity index (χ3n) is 0.945. The van der Waals surface area contributed by atoms with Crippen molar-refractivity contribution in [2.45, 2.75) is 6.18 Å². The summed E-state index contributed by atoms with van der Waals surface area (Å²) < 4.78 is 34.8. The van der Waals surface area contributed by atoms with Crippen molar-refractivity contribution in [1.82, 2.24) is 10.9 Å². The summed E-state index contributed by atoms with van der Waals surface area (Å²) in [6.07, 6.45) is -3.42. The van der Waals surface area contributed by atoms with Crippen molar-refractivity contribution in [1.29, 1.82) is 0 Å². The molecule has 1 heterocycles. The maximum absolute atomic E-state index is 11.6. The minimum atomic E-state index is -4.22. The van der Waals surface area contributed by atoms with Crippen LogP contribution in [0.1, 0.15) is 0 Å². The van der Waals surface area contributed by atoms with E-state index in [1.807, 2.05) is 0 Å².